The first-order valence-electron chi connectivity index (χ1n) is 3.67. The van der Waals surface area contributed by atoms with E-state index in [0.29, 0.717) is 0 Å². The van der Waals surface area contributed by atoms with Crippen molar-refractivity contribution < 1.29 is 41.9 Å². The summed E-state index contributed by atoms with van der Waals surface area (Å²) in [6.45, 7) is 3.32. The molecule has 0 aliphatic rings. The maximum atomic E-state index is 10.9. The zero-order chi connectivity index (χ0) is 9.72. The first-order valence-corrected chi connectivity index (χ1v) is 3.67. The quantitative estimate of drug-likeness (QED) is 0.493. The van der Waals surface area contributed by atoms with Crippen LogP contribution in [-0.4, -0.2) is 17.5 Å². The topological polar surface area (TPSA) is 74.3 Å². The summed E-state index contributed by atoms with van der Waals surface area (Å²) in [5.41, 5.74) is 0. The molecule has 0 N–H and O–H groups in total. The van der Waals surface area contributed by atoms with Gasteiger partial charge in [-0.3, -0.25) is 9.59 Å². The van der Waals surface area contributed by atoms with E-state index in [2.05, 4.69) is 0 Å². The van der Waals surface area contributed by atoms with Crippen LogP contribution in [0.3, 0.4) is 0 Å². The molecule has 4 nitrogen and oxygen atoms in total. The molecule has 0 atom stereocenters. The van der Waals surface area contributed by atoms with Crippen molar-refractivity contribution in [1.29, 1.82) is 0 Å². The van der Waals surface area contributed by atoms with Gasteiger partial charge in [-0.2, -0.15) is 0 Å². The monoisotopic (exact) mass is 278 g/mol. The average molecular weight is 279 g/mol. The molecule has 0 radical (unpaired) electrons. The van der Waals surface area contributed by atoms with Crippen LogP contribution in [0.15, 0.2) is 0 Å². The molecule has 13 heavy (non-hydrogen) atoms. The van der Waals surface area contributed by atoms with Gasteiger partial charge in [0.05, 0.1) is 6.42 Å². The summed E-state index contributed by atoms with van der Waals surface area (Å²) >= 11 is 0. The van der Waals surface area contributed by atoms with E-state index in [1.807, 2.05) is 0 Å². The van der Waals surface area contributed by atoms with Crippen LogP contribution < -0.4 is 5.11 Å². The number of carboxylic acids is 1. The second-order valence-electron chi connectivity index (χ2n) is 2.89. The second-order valence-corrected chi connectivity index (χ2v) is 2.89. The SMILES string of the molecule is CC(C)C(=O)CC(=O)CC(=O)[O-].[Ag+]. The molecule has 0 saturated carbocycles. The molecule has 0 spiro atoms. The summed E-state index contributed by atoms with van der Waals surface area (Å²) in [7, 11) is 0. The average Bonchev–Trinajstić information content (AvgIpc) is 1.84. The molecule has 0 aliphatic carbocycles. The summed E-state index contributed by atoms with van der Waals surface area (Å²) in [6, 6.07) is 0. The first-order chi connectivity index (χ1) is 5.43. The van der Waals surface area contributed by atoms with Crippen molar-refractivity contribution in [3.8, 4) is 0 Å². The van der Waals surface area contributed by atoms with Crippen LogP contribution >= 0.6 is 0 Å². The molecule has 0 aliphatic heterocycles. The summed E-state index contributed by atoms with van der Waals surface area (Å²) in [5.74, 6) is -2.48. The van der Waals surface area contributed by atoms with Crippen molar-refractivity contribution in [3.05, 3.63) is 0 Å². The number of carbonyl (C=O) groups excluding carboxylic acids is 3. The van der Waals surface area contributed by atoms with Crippen molar-refractivity contribution in [2.24, 2.45) is 5.92 Å². The number of hydrogen-bond donors (Lipinski definition) is 0. The Labute approximate surface area is 92.2 Å². The predicted molar refractivity (Wildman–Crippen MR) is 39.1 cm³/mol. The summed E-state index contributed by atoms with van der Waals surface area (Å²) in [6.07, 6.45) is -0.968. The molecule has 0 aromatic rings. The maximum absolute atomic E-state index is 10.9. The minimum Gasteiger partial charge on any atom is -0.550 e. The number of ketones is 2. The molecule has 0 unspecified atom stereocenters. The zero-order valence-corrected chi connectivity index (χ0v) is 8.91. The molecule has 0 heterocycles. The molecular weight excluding hydrogens is 268 g/mol. The van der Waals surface area contributed by atoms with E-state index in [1.54, 1.807) is 13.8 Å². The van der Waals surface area contributed by atoms with Crippen LogP contribution in [0.5, 0.6) is 0 Å². The molecule has 0 aromatic heterocycles. The minimum atomic E-state index is -1.43. The fourth-order valence-electron chi connectivity index (χ4n) is 0.622. The second kappa shape index (κ2) is 7.00. The van der Waals surface area contributed by atoms with Gasteiger partial charge >= 0.3 is 22.4 Å². The Morgan fingerprint density at radius 3 is 1.92 bits per heavy atom. The maximum Gasteiger partial charge on any atom is 1.00 e. The van der Waals surface area contributed by atoms with E-state index in [9.17, 15) is 19.5 Å². The van der Waals surface area contributed by atoms with Crippen molar-refractivity contribution >= 4 is 17.5 Å². The third-order valence-corrected chi connectivity index (χ3v) is 1.36. The van der Waals surface area contributed by atoms with Crippen LogP contribution in [0, 0.1) is 5.92 Å². The van der Waals surface area contributed by atoms with Crippen LogP contribution in [0.4, 0.5) is 0 Å². The van der Waals surface area contributed by atoms with Gasteiger partial charge in [0.15, 0.2) is 0 Å². The number of carboxylic acid groups (broad SMARTS) is 1. The van der Waals surface area contributed by atoms with Crippen LogP contribution in [0.25, 0.3) is 0 Å². The molecular formula is C8H11AgO4. The van der Waals surface area contributed by atoms with E-state index in [0.717, 1.165) is 0 Å². The van der Waals surface area contributed by atoms with Gasteiger partial charge in [0.2, 0.25) is 0 Å². The number of carbonyl (C=O) groups is 3. The van der Waals surface area contributed by atoms with Gasteiger partial charge < -0.3 is 9.90 Å². The van der Waals surface area contributed by atoms with Gasteiger partial charge in [-0.25, -0.2) is 0 Å². The smallest absolute Gasteiger partial charge is 0.550 e. The summed E-state index contributed by atoms with van der Waals surface area (Å²) in [5, 5.41) is 9.92. The Balaban J connectivity index is 0. The Morgan fingerprint density at radius 2 is 1.62 bits per heavy atom. The van der Waals surface area contributed by atoms with Crippen LogP contribution in [0.2, 0.25) is 0 Å². The minimum absolute atomic E-state index is 0. The molecule has 5 heteroatoms. The third kappa shape index (κ3) is 7.90. The Bertz CT molecular complexity index is 210. The van der Waals surface area contributed by atoms with Crippen molar-refractivity contribution in [1.82, 2.24) is 0 Å². The number of Topliss-reactive ketones (excluding diaryl/α,β-unsaturated/α-hetero) is 2. The zero-order valence-electron chi connectivity index (χ0n) is 7.43. The van der Waals surface area contributed by atoms with Crippen molar-refractivity contribution in [2.45, 2.75) is 26.7 Å². The fraction of sp³-hybridized carbons (Fsp3) is 0.625. The molecule has 0 rings (SSSR count). The molecule has 0 aromatic carbocycles. The van der Waals surface area contributed by atoms with Crippen molar-refractivity contribution in [3.63, 3.8) is 0 Å². The van der Waals surface area contributed by atoms with Gasteiger partial charge in [-0.05, 0) is 0 Å². The van der Waals surface area contributed by atoms with E-state index in [-0.39, 0.29) is 40.5 Å². The van der Waals surface area contributed by atoms with E-state index in [1.165, 1.54) is 0 Å². The standard InChI is InChI=1S/C8H12O4.Ag/c1-5(2)7(10)3-6(9)4-8(11)12;/h5H,3-4H2,1-2H3,(H,11,12);/q;+1/p-1. The summed E-state index contributed by atoms with van der Waals surface area (Å²) in [4.78, 5) is 31.5. The van der Waals surface area contributed by atoms with E-state index in [4.69, 9.17) is 0 Å². The number of aliphatic carboxylic acids is 1. The molecule has 0 amide bonds. The predicted octanol–water partition coefficient (Wildman–Crippen LogP) is -0.692. The first kappa shape index (κ1) is 15.0. The van der Waals surface area contributed by atoms with Crippen molar-refractivity contribution in [2.75, 3.05) is 0 Å². The largest absolute Gasteiger partial charge is 1.00 e. The molecule has 0 bridgehead atoms. The normalized spacial score (nSPS) is 9.15. The Kier molecular flexibility index (Phi) is 8.10. The van der Waals surface area contributed by atoms with E-state index < -0.39 is 18.2 Å². The van der Waals surface area contributed by atoms with Gasteiger partial charge in [0.25, 0.3) is 0 Å². The summed E-state index contributed by atoms with van der Waals surface area (Å²) < 4.78 is 0. The Hall–Kier alpha value is -0.450. The number of rotatable bonds is 5. The van der Waals surface area contributed by atoms with E-state index >= 15 is 0 Å². The van der Waals surface area contributed by atoms with Gasteiger partial charge in [-0.15, -0.1) is 0 Å². The van der Waals surface area contributed by atoms with Crippen LogP contribution in [0.1, 0.15) is 26.7 Å². The molecule has 78 valence electrons. The number of hydrogen-bond acceptors (Lipinski definition) is 4. The fourth-order valence-corrected chi connectivity index (χ4v) is 0.622. The third-order valence-electron chi connectivity index (χ3n) is 1.36. The van der Waals surface area contributed by atoms with Gasteiger partial charge in [0, 0.05) is 18.3 Å². The Morgan fingerprint density at radius 1 is 1.15 bits per heavy atom. The van der Waals surface area contributed by atoms with Gasteiger partial charge in [0.1, 0.15) is 11.6 Å². The van der Waals surface area contributed by atoms with Gasteiger partial charge in [-0.1, -0.05) is 13.8 Å². The molecule has 0 fully saturated rings. The van der Waals surface area contributed by atoms with Crippen LogP contribution in [-0.2, 0) is 36.8 Å². The molecule has 0 saturated heterocycles.